The molecule has 0 saturated carbocycles. The number of aromatic nitrogens is 2. The summed E-state index contributed by atoms with van der Waals surface area (Å²) in [5.41, 5.74) is 6.45. The van der Waals surface area contributed by atoms with Gasteiger partial charge in [0.1, 0.15) is 5.56 Å². The van der Waals surface area contributed by atoms with Crippen LogP contribution in [-0.4, -0.2) is 29.2 Å². The zero-order chi connectivity index (χ0) is 21.9. The number of carbonyl (C=O) groups excluding carboxylic acids is 2. The average molecular weight is 418 g/mol. The summed E-state index contributed by atoms with van der Waals surface area (Å²) in [7, 11) is 1.47. The Hall–Kier alpha value is -4.02. The Kier molecular flexibility index (Phi) is 5.63. The number of halogens is 3. The first kappa shape index (κ1) is 20.7. The highest BCUT2D eigenvalue weighted by molar-refractivity contribution is 6.04. The molecule has 0 fully saturated rings. The van der Waals surface area contributed by atoms with Crippen LogP contribution in [0.2, 0.25) is 0 Å². The molecule has 1 heterocycles. The fourth-order valence-corrected chi connectivity index (χ4v) is 2.71. The maximum atomic E-state index is 12.8. The third kappa shape index (κ3) is 4.51. The molecule has 156 valence electrons. The Morgan fingerprint density at radius 2 is 1.70 bits per heavy atom. The minimum Gasteiger partial charge on any atom is -0.382 e. The first-order valence-electron chi connectivity index (χ1n) is 8.60. The lowest BCUT2D eigenvalue weighted by Gasteiger charge is -2.11. The van der Waals surface area contributed by atoms with Gasteiger partial charge >= 0.3 is 12.2 Å². The van der Waals surface area contributed by atoms with Gasteiger partial charge in [-0.1, -0.05) is 18.2 Å². The first-order valence-corrected chi connectivity index (χ1v) is 8.60. The average Bonchev–Trinajstić information content (AvgIpc) is 3.09. The van der Waals surface area contributed by atoms with Gasteiger partial charge in [-0.2, -0.15) is 18.3 Å². The van der Waals surface area contributed by atoms with E-state index in [1.54, 1.807) is 24.3 Å². The number of nitrogens with two attached hydrogens (primary N) is 1. The molecule has 3 amide bonds. The molecule has 3 aromatic rings. The molecule has 30 heavy (non-hydrogen) atoms. The SMILES string of the molecule is CNC(=O)c1c(N)n[nH]c1-c1ccc(NC(=O)Nc2cccc(C(F)(F)F)c2)cc1. The molecule has 11 heteroatoms. The number of nitrogens with zero attached hydrogens (tertiary/aromatic N) is 1. The second-order valence-electron chi connectivity index (χ2n) is 6.17. The molecule has 0 atom stereocenters. The van der Waals surface area contributed by atoms with Crippen molar-refractivity contribution in [1.82, 2.24) is 15.5 Å². The van der Waals surface area contributed by atoms with E-state index in [-0.39, 0.29) is 17.1 Å². The molecule has 0 aliphatic heterocycles. The Bertz CT molecular complexity index is 1080. The van der Waals surface area contributed by atoms with E-state index < -0.39 is 23.7 Å². The van der Waals surface area contributed by atoms with Gasteiger partial charge in [0, 0.05) is 24.0 Å². The molecular formula is C19H17F3N6O2. The van der Waals surface area contributed by atoms with E-state index >= 15 is 0 Å². The summed E-state index contributed by atoms with van der Waals surface area (Å²) >= 11 is 0. The number of anilines is 3. The Morgan fingerprint density at radius 1 is 1.03 bits per heavy atom. The highest BCUT2D eigenvalue weighted by Gasteiger charge is 2.30. The van der Waals surface area contributed by atoms with Gasteiger partial charge in [-0.15, -0.1) is 0 Å². The van der Waals surface area contributed by atoms with Gasteiger partial charge in [0.15, 0.2) is 5.82 Å². The smallest absolute Gasteiger partial charge is 0.382 e. The number of hydrogen-bond acceptors (Lipinski definition) is 4. The van der Waals surface area contributed by atoms with Gasteiger partial charge in [0.05, 0.1) is 11.3 Å². The van der Waals surface area contributed by atoms with Crippen molar-refractivity contribution < 1.29 is 22.8 Å². The summed E-state index contributed by atoms with van der Waals surface area (Å²) in [6.45, 7) is 0. The van der Waals surface area contributed by atoms with E-state index in [1.165, 1.54) is 19.2 Å². The number of nitrogen functional groups attached to an aromatic ring is 1. The third-order valence-electron chi connectivity index (χ3n) is 4.13. The number of amides is 3. The molecule has 0 saturated heterocycles. The van der Waals surface area contributed by atoms with Crippen molar-refractivity contribution in [2.45, 2.75) is 6.18 Å². The predicted octanol–water partition coefficient (Wildman–Crippen LogP) is 3.68. The zero-order valence-corrected chi connectivity index (χ0v) is 15.6. The van der Waals surface area contributed by atoms with Crippen molar-refractivity contribution in [1.29, 1.82) is 0 Å². The lowest BCUT2D eigenvalue weighted by atomic mass is 10.1. The fraction of sp³-hybridized carbons (Fsp3) is 0.105. The van der Waals surface area contributed by atoms with Gasteiger partial charge in [0.25, 0.3) is 5.91 Å². The number of aromatic amines is 1. The molecule has 0 unspecified atom stereocenters. The van der Waals surface area contributed by atoms with E-state index in [9.17, 15) is 22.8 Å². The predicted molar refractivity (Wildman–Crippen MR) is 106 cm³/mol. The number of H-pyrrole nitrogens is 1. The lowest BCUT2D eigenvalue weighted by molar-refractivity contribution is -0.137. The van der Waals surface area contributed by atoms with Crippen molar-refractivity contribution >= 4 is 29.1 Å². The van der Waals surface area contributed by atoms with Crippen molar-refractivity contribution in [3.05, 3.63) is 59.7 Å². The molecule has 3 rings (SSSR count). The third-order valence-corrected chi connectivity index (χ3v) is 4.13. The summed E-state index contributed by atoms with van der Waals surface area (Å²) < 4.78 is 38.3. The monoisotopic (exact) mass is 418 g/mol. The lowest BCUT2D eigenvalue weighted by Crippen LogP contribution is -2.20. The van der Waals surface area contributed by atoms with Gasteiger partial charge in [-0.05, 0) is 30.3 Å². The number of hydrogen-bond donors (Lipinski definition) is 5. The normalized spacial score (nSPS) is 11.1. The summed E-state index contributed by atoms with van der Waals surface area (Å²) in [5.74, 6) is -0.356. The molecule has 1 aromatic heterocycles. The Morgan fingerprint density at radius 3 is 2.33 bits per heavy atom. The van der Waals surface area contributed by atoms with Crippen LogP contribution in [0.1, 0.15) is 15.9 Å². The van der Waals surface area contributed by atoms with Crippen molar-refractivity contribution in [3.63, 3.8) is 0 Å². The van der Waals surface area contributed by atoms with Crippen molar-refractivity contribution in [2.75, 3.05) is 23.4 Å². The topological polar surface area (TPSA) is 125 Å². The molecular weight excluding hydrogens is 401 g/mol. The molecule has 0 aliphatic carbocycles. The van der Waals surface area contributed by atoms with Gasteiger partial charge in [-0.3, -0.25) is 9.89 Å². The number of nitrogens with one attached hydrogen (secondary N) is 4. The van der Waals surface area contributed by atoms with Crippen molar-refractivity contribution in [3.8, 4) is 11.3 Å². The standard InChI is InChI=1S/C19H17F3N6O2/c1-24-17(29)14-15(27-28-16(14)23)10-5-7-12(8-6-10)25-18(30)26-13-4-2-3-11(9-13)19(20,21)22/h2-9H,1H3,(H,24,29)(H3,23,27,28)(H2,25,26,30). The van der Waals surface area contributed by atoms with Crippen LogP contribution in [0.4, 0.5) is 35.2 Å². The zero-order valence-electron chi connectivity index (χ0n) is 15.6. The Labute approximate surface area is 168 Å². The maximum Gasteiger partial charge on any atom is 0.416 e. The van der Waals surface area contributed by atoms with E-state index in [4.69, 9.17) is 5.73 Å². The minimum absolute atomic E-state index is 0.00194. The van der Waals surface area contributed by atoms with Crippen LogP contribution in [0.15, 0.2) is 48.5 Å². The first-order chi connectivity index (χ1) is 14.2. The molecule has 8 nitrogen and oxygen atoms in total. The van der Waals surface area contributed by atoms with E-state index in [0.717, 1.165) is 12.1 Å². The quantitative estimate of drug-likeness (QED) is 0.443. The van der Waals surface area contributed by atoms with Gasteiger partial charge < -0.3 is 21.7 Å². The fourth-order valence-electron chi connectivity index (χ4n) is 2.71. The van der Waals surface area contributed by atoms with Crippen LogP contribution < -0.4 is 21.7 Å². The molecule has 0 aliphatic rings. The van der Waals surface area contributed by atoms with Crippen LogP contribution >= 0.6 is 0 Å². The van der Waals surface area contributed by atoms with E-state index in [1.807, 2.05) is 0 Å². The van der Waals surface area contributed by atoms with Gasteiger partial charge in [-0.25, -0.2) is 4.79 Å². The Balaban J connectivity index is 1.71. The number of urea groups is 1. The summed E-state index contributed by atoms with van der Waals surface area (Å²) in [6, 6.07) is 9.96. The highest BCUT2D eigenvalue weighted by Crippen LogP contribution is 2.31. The summed E-state index contributed by atoms with van der Waals surface area (Å²) in [5, 5.41) is 13.9. The number of alkyl halides is 3. The van der Waals surface area contributed by atoms with E-state index in [0.29, 0.717) is 16.9 Å². The van der Waals surface area contributed by atoms with Gasteiger partial charge in [0.2, 0.25) is 0 Å². The second kappa shape index (κ2) is 8.15. The molecule has 0 radical (unpaired) electrons. The number of carbonyl (C=O) groups is 2. The minimum atomic E-state index is -4.51. The van der Waals surface area contributed by atoms with Crippen molar-refractivity contribution in [2.24, 2.45) is 0 Å². The summed E-state index contributed by atoms with van der Waals surface area (Å²) in [6.07, 6.45) is -4.51. The maximum absolute atomic E-state index is 12.8. The molecule has 2 aromatic carbocycles. The highest BCUT2D eigenvalue weighted by atomic mass is 19.4. The molecule has 0 bridgehead atoms. The van der Waals surface area contributed by atoms with Crippen LogP contribution in [0, 0.1) is 0 Å². The number of rotatable bonds is 4. The summed E-state index contributed by atoms with van der Waals surface area (Å²) in [4.78, 5) is 24.1. The van der Waals surface area contributed by atoms with Crippen LogP contribution in [0.3, 0.4) is 0 Å². The van der Waals surface area contributed by atoms with Crippen LogP contribution in [-0.2, 0) is 6.18 Å². The molecule has 6 N–H and O–H groups in total. The van der Waals surface area contributed by atoms with E-state index in [2.05, 4.69) is 26.1 Å². The largest absolute Gasteiger partial charge is 0.416 e. The number of benzene rings is 2. The van der Waals surface area contributed by atoms with Crippen LogP contribution in [0.25, 0.3) is 11.3 Å². The second-order valence-corrected chi connectivity index (χ2v) is 6.17. The molecule has 0 spiro atoms. The van der Waals surface area contributed by atoms with Crippen LogP contribution in [0.5, 0.6) is 0 Å².